The summed E-state index contributed by atoms with van der Waals surface area (Å²) in [6, 6.07) is 7.85. The van der Waals surface area contributed by atoms with Gasteiger partial charge in [0.2, 0.25) is 0 Å². The van der Waals surface area contributed by atoms with Gasteiger partial charge >= 0.3 is 0 Å². The molecule has 6 nitrogen and oxygen atoms in total. The summed E-state index contributed by atoms with van der Waals surface area (Å²) in [5.41, 5.74) is 0.966. The highest BCUT2D eigenvalue weighted by Crippen LogP contribution is 2.24. The van der Waals surface area contributed by atoms with Crippen LogP contribution in [0.1, 0.15) is 19.5 Å². The van der Waals surface area contributed by atoms with E-state index in [0.29, 0.717) is 13.1 Å². The third kappa shape index (κ3) is 6.49. The average Bonchev–Trinajstić information content (AvgIpc) is 3.09. The number of nitrogens with zero attached hydrogens (tertiary/aromatic N) is 3. The lowest BCUT2D eigenvalue weighted by Crippen LogP contribution is -2.41. The maximum absolute atomic E-state index is 5.96. The number of guanidine groups is 1. The Balaban J connectivity index is 1.89. The van der Waals surface area contributed by atoms with Crippen molar-refractivity contribution in [3.05, 3.63) is 39.8 Å². The average molecular weight is 440 g/mol. The molecule has 8 heteroatoms. The van der Waals surface area contributed by atoms with Gasteiger partial charge in [0.15, 0.2) is 11.1 Å². The van der Waals surface area contributed by atoms with Crippen molar-refractivity contribution in [2.75, 3.05) is 32.1 Å². The lowest BCUT2D eigenvalue weighted by atomic mass is 10.3. The van der Waals surface area contributed by atoms with Crippen LogP contribution in [0.3, 0.4) is 0 Å². The first-order chi connectivity index (χ1) is 12.5. The summed E-state index contributed by atoms with van der Waals surface area (Å²) in [5, 5.41) is 9.61. The van der Waals surface area contributed by atoms with E-state index in [9.17, 15) is 0 Å². The molecule has 0 bridgehead atoms. The molecule has 1 heterocycles. The van der Waals surface area contributed by atoms with Crippen LogP contribution in [0.5, 0.6) is 5.75 Å². The molecule has 0 amide bonds. The first-order valence-corrected chi connectivity index (χ1v) is 10.2. The van der Waals surface area contributed by atoms with Gasteiger partial charge in [-0.15, -0.1) is 11.3 Å². The molecule has 1 atom stereocenters. The van der Waals surface area contributed by atoms with Gasteiger partial charge in [-0.2, -0.15) is 0 Å². The van der Waals surface area contributed by atoms with Crippen LogP contribution in [0.4, 0.5) is 5.13 Å². The summed E-state index contributed by atoms with van der Waals surface area (Å²) < 4.78 is 6.91. The number of para-hydroxylation sites is 1. The number of thiazole rings is 1. The van der Waals surface area contributed by atoms with Crippen molar-refractivity contribution in [1.82, 2.24) is 15.6 Å². The fourth-order valence-electron chi connectivity index (χ4n) is 2.12. The molecule has 0 radical (unpaired) electrons. The molecule has 1 unspecified atom stereocenters. The molecule has 1 aromatic carbocycles. The zero-order chi connectivity index (χ0) is 18.9. The highest BCUT2D eigenvalue weighted by Gasteiger charge is 2.08. The Morgan fingerprint density at radius 2 is 2.12 bits per heavy atom. The third-order valence-corrected chi connectivity index (χ3v) is 5.10. The van der Waals surface area contributed by atoms with E-state index in [-0.39, 0.29) is 6.10 Å². The maximum Gasteiger partial charge on any atom is 0.191 e. The van der Waals surface area contributed by atoms with Crippen LogP contribution in [0, 0.1) is 0 Å². The minimum absolute atomic E-state index is 0.00262. The number of hydrogen-bond acceptors (Lipinski definition) is 5. The van der Waals surface area contributed by atoms with Gasteiger partial charge in [0, 0.05) is 26.0 Å². The van der Waals surface area contributed by atoms with E-state index in [2.05, 4.69) is 36.5 Å². The Kier molecular flexibility index (Phi) is 8.18. The predicted molar refractivity (Wildman–Crippen MR) is 113 cm³/mol. The minimum atomic E-state index is -0.00262. The molecular formula is C18H26BrN5OS. The van der Waals surface area contributed by atoms with E-state index in [1.807, 2.05) is 62.5 Å². The van der Waals surface area contributed by atoms with Crippen LogP contribution < -0.4 is 20.3 Å². The highest BCUT2D eigenvalue weighted by atomic mass is 79.9. The summed E-state index contributed by atoms with van der Waals surface area (Å²) in [6.07, 6.45) is -0.00262. The van der Waals surface area contributed by atoms with E-state index < -0.39 is 0 Å². The van der Waals surface area contributed by atoms with Gasteiger partial charge in [-0.25, -0.2) is 9.98 Å². The number of ether oxygens (including phenoxy) is 1. The molecule has 0 aliphatic heterocycles. The zero-order valence-corrected chi connectivity index (χ0v) is 18.0. The number of hydrogen-bond donors (Lipinski definition) is 2. The first kappa shape index (κ1) is 20.5. The number of aliphatic imine (C=N–C) groups is 1. The molecule has 2 N–H and O–H groups in total. The van der Waals surface area contributed by atoms with E-state index in [0.717, 1.165) is 33.6 Å². The molecule has 2 aromatic rings. The van der Waals surface area contributed by atoms with Gasteiger partial charge in [-0.05, 0) is 41.9 Å². The molecule has 0 saturated heterocycles. The van der Waals surface area contributed by atoms with Crippen LogP contribution in [-0.2, 0) is 6.54 Å². The fourth-order valence-corrected chi connectivity index (χ4v) is 3.24. The lowest BCUT2D eigenvalue weighted by molar-refractivity contribution is 0.222. The van der Waals surface area contributed by atoms with Crippen molar-refractivity contribution in [2.45, 2.75) is 26.5 Å². The largest absolute Gasteiger partial charge is 0.488 e. The summed E-state index contributed by atoms with van der Waals surface area (Å²) in [7, 11) is 3.98. The molecule has 0 aliphatic carbocycles. The first-order valence-electron chi connectivity index (χ1n) is 8.54. The normalized spacial score (nSPS) is 12.6. The summed E-state index contributed by atoms with van der Waals surface area (Å²) >= 11 is 5.13. The fraction of sp³-hybridized carbons (Fsp3) is 0.444. The molecule has 2 rings (SSSR count). The zero-order valence-electron chi connectivity index (χ0n) is 15.6. The molecule has 0 fully saturated rings. The van der Waals surface area contributed by atoms with Gasteiger partial charge < -0.3 is 20.3 Å². The smallest absolute Gasteiger partial charge is 0.191 e. The van der Waals surface area contributed by atoms with Crippen molar-refractivity contribution in [1.29, 1.82) is 0 Å². The Hall–Kier alpha value is -1.80. The topological polar surface area (TPSA) is 61.8 Å². The van der Waals surface area contributed by atoms with E-state index in [1.54, 1.807) is 11.3 Å². The second-order valence-corrected chi connectivity index (χ2v) is 7.64. The predicted octanol–water partition coefficient (Wildman–Crippen LogP) is 3.49. The number of rotatable bonds is 8. The lowest BCUT2D eigenvalue weighted by Gasteiger charge is -2.18. The number of aromatic nitrogens is 1. The summed E-state index contributed by atoms with van der Waals surface area (Å²) in [4.78, 5) is 11.2. The Bertz CT molecular complexity index is 719. The van der Waals surface area contributed by atoms with Gasteiger partial charge in [0.25, 0.3) is 0 Å². The molecule has 0 aliphatic rings. The number of benzene rings is 1. The molecule has 0 spiro atoms. The molecule has 0 saturated carbocycles. The van der Waals surface area contributed by atoms with Gasteiger partial charge in [0.05, 0.1) is 23.3 Å². The molecule has 1 aromatic heterocycles. The number of anilines is 1. The van der Waals surface area contributed by atoms with E-state index in [1.165, 1.54) is 0 Å². The van der Waals surface area contributed by atoms with Crippen LogP contribution in [0.15, 0.2) is 39.1 Å². The van der Waals surface area contributed by atoms with Crippen LogP contribution in [-0.4, -0.2) is 44.2 Å². The monoisotopic (exact) mass is 439 g/mol. The standard InChI is InChI=1S/C18H26BrN5OS/c1-5-20-17(22-11-14-12-26-18(23-14)24(3)4)21-10-13(2)25-16-9-7-6-8-15(16)19/h6-9,12-13H,5,10-11H2,1-4H3,(H2,20,21,22). The third-order valence-electron chi connectivity index (χ3n) is 3.39. The van der Waals surface area contributed by atoms with Crippen LogP contribution in [0.25, 0.3) is 0 Å². The Morgan fingerprint density at radius 1 is 1.35 bits per heavy atom. The van der Waals surface area contributed by atoms with Crippen molar-refractivity contribution in [2.24, 2.45) is 4.99 Å². The summed E-state index contributed by atoms with van der Waals surface area (Å²) in [6.45, 7) is 6.06. The number of nitrogens with one attached hydrogen (secondary N) is 2. The minimum Gasteiger partial charge on any atom is -0.488 e. The second-order valence-electron chi connectivity index (χ2n) is 5.95. The molecular weight excluding hydrogens is 414 g/mol. The van der Waals surface area contributed by atoms with E-state index in [4.69, 9.17) is 4.74 Å². The van der Waals surface area contributed by atoms with Gasteiger partial charge in [-0.1, -0.05) is 12.1 Å². The SMILES string of the molecule is CCNC(=NCc1csc(N(C)C)n1)NCC(C)Oc1ccccc1Br. The van der Waals surface area contributed by atoms with Gasteiger partial charge in [0.1, 0.15) is 11.9 Å². The van der Waals surface area contributed by atoms with Crippen LogP contribution >= 0.6 is 27.3 Å². The highest BCUT2D eigenvalue weighted by molar-refractivity contribution is 9.10. The Morgan fingerprint density at radius 3 is 2.77 bits per heavy atom. The molecule has 26 heavy (non-hydrogen) atoms. The van der Waals surface area contributed by atoms with Crippen molar-refractivity contribution >= 4 is 38.4 Å². The van der Waals surface area contributed by atoms with Crippen molar-refractivity contribution in [3.63, 3.8) is 0 Å². The van der Waals surface area contributed by atoms with Crippen molar-refractivity contribution < 1.29 is 4.74 Å². The second kappa shape index (κ2) is 10.4. The van der Waals surface area contributed by atoms with Gasteiger partial charge in [-0.3, -0.25) is 0 Å². The quantitative estimate of drug-likeness (QED) is 0.486. The number of halogens is 1. The molecule has 142 valence electrons. The Labute approximate surface area is 167 Å². The van der Waals surface area contributed by atoms with Crippen molar-refractivity contribution in [3.8, 4) is 5.75 Å². The summed E-state index contributed by atoms with van der Waals surface area (Å²) in [5.74, 6) is 1.59. The van der Waals surface area contributed by atoms with E-state index >= 15 is 0 Å². The van der Waals surface area contributed by atoms with Crippen LogP contribution in [0.2, 0.25) is 0 Å². The maximum atomic E-state index is 5.96.